The Morgan fingerprint density at radius 2 is 1.68 bits per heavy atom. The molecule has 0 heterocycles. The molecule has 0 aromatic heterocycles. The van der Waals surface area contributed by atoms with Crippen LogP contribution in [-0.2, 0) is 19.1 Å². The maximum absolute atomic E-state index is 13.4. The quantitative estimate of drug-likeness (QED) is 0.558. The minimum Gasteiger partial charge on any atom is -0.484 e. The van der Waals surface area contributed by atoms with Crippen LogP contribution in [0.25, 0.3) is 0 Å². The minimum atomic E-state index is -2.79. The summed E-state index contributed by atoms with van der Waals surface area (Å²) in [5.74, 6) is -1.02. The van der Waals surface area contributed by atoms with Crippen LogP contribution in [0.5, 0.6) is 5.75 Å². The van der Waals surface area contributed by atoms with Gasteiger partial charge in [-0.15, -0.1) is 0 Å². The number of rotatable bonds is 10. The number of carbonyl (C=O) groups is 2. The molecule has 0 spiro atoms. The molecule has 2 amide bonds. The first kappa shape index (κ1) is 22.2. The first-order valence-electron chi connectivity index (χ1n) is 9.91. The summed E-state index contributed by atoms with van der Waals surface area (Å²) in [5, 5.41) is 5.79. The van der Waals surface area contributed by atoms with E-state index in [1.165, 1.54) is 12.1 Å². The third-order valence-corrected chi connectivity index (χ3v) is 6.20. The van der Waals surface area contributed by atoms with E-state index < -0.39 is 18.5 Å². The molecule has 1 aromatic carbocycles. The Balaban J connectivity index is 1.10. The highest BCUT2D eigenvalue weighted by Gasteiger charge is 2.69. The van der Waals surface area contributed by atoms with Gasteiger partial charge in [0.15, 0.2) is 6.61 Å². The van der Waals surface area contributed by atoms with Crippen LogP contribution in [0.1, 0.15) is 32.1 Å². The average molecular weight is 463 g/mol. The Kier molecular flexibility index (Phi) is 6.06. The number of ether oxygens (including phenoxy) is 3. The topological polar surface area (TPSA) is 85.9 Å². The molecule has 4 fully saturated rings. The summed E-state index contributed by atoms with van der Waals surface area (Å²) >= 11 is 5.60. The van der Waals surface area contributed by atoms with Gasteiger partial charge in [0, 0.05) is 30.0 Å². The van der Waals surface area contributed by atoms with Crippen LogP contribution in [0.3, 0.4) is 0 Å². The fraction of sp³-hybridized carbons (Fsp3) is 0.600. The Hall–Kier alpha value is -2.04. The number of carbonyl (C=O) groups excluding carboxylic acids is 2. The van der Waals surface area contributed by atoms with Gasteiger partial charge < -0.3 is 24.8 Å². The molecule has 2 N–H and O–H groups in total. The van der Waals surface area contributed by atoms with Crippen LogP contribution in [0.4, 0.5) is 13.2 Å². The van der Waals surface area contributed by atoms with Crippen LogP contribution in [-0.4, -0.2) is 54.9 Å². The predicted octanol–water partition coefficient (Wildman–Crippen LogP) is 2.55. The fourth-order valence-corrected chi connectivity index (χ4v) is 4.65. The number of halogens is 4. The van der Waals surface area contributed by atoms with Gasteiger partial charge in [-0.3, -0.25) is 9.59 Å². The molecular formula is C20H22ClF3N2O5. The SMILES string of the molecule is O=C(COc1ccc(Cl)c(F)c1)NC12CC(NC(=O)CO[C@H]3C[C@@H](OC(F)F)C3)(C1)C2. The number of benzene rings is 1. The number of nitrogens with one attached hydrogen (secondary N) is 2. The Labute approximate surface area is 181 Å². The average Bonchev–Trinajstić information content (AvgIpc) is 2.61. The molecule has 4 aliphatic rings. The maximum atomic E-state index is 13.4. The van der Waals surface area contributed by atoms with Crippen molar-refractivity contribution in [1.82, 2.24) is 10.6 Å². The first-order valence-corrected chi connectivity index (χ1v) is 10.3. The maximum Gasteiger partial charge on any atom is 0.345 e. The fourth-order valence-electron chi connectivity index (χ4n) is 4.54. The largest absolute Gasteiger partial charge is 0.484 e. The van der Waals surface area contributed by atoms with Crippen molar-refractivity contribution in [2.45, 2.75) is 62.0 Å². The molecule has 7 nitrogen and oxygen atoms in total. The van der Waals surface area contributed by atoms with Crippen LogP contribution in [0.2, 0.25) is 5.02 Å². The summed E-state index contributed by atoms with van der Waals surface area (Å²) in [7, 11) is 0. The van der Waals surface area contributed by atoms with E-state index in [2.05, 4.69) is 15.4 Å². The van der Waals surface area contributed by atoms with Crippen molar-refractivity contribution >= 4 is 23.4 Å². The van der Waals surface area contributed by atoms with Crippen molar-refractivity contribution in [3.63, 3.8) is 0 Å². The van der Waals surface area contributed by atoms with Gasteiger partial charge in [0.25, 0.3) is 5.91 Å². The van der Waals surface area contributed by atoms with Crippen molar-refractivity contribution in [3.8, 4) is 5.75 Å². The van der Waals surface area contributed by atoms with Crippen LogP contribution in [0.15, 0.2) is 18.2 Å². The standard InChI is InChI=1S/C20H22ClF3N2O5/c21-14-2-1-11(5-15(14)22)29-6-16(27)25-19-8-20(9-19,10-19)26-17(28)7-30-12-3-13(4-12)31-18(23)24/h1-2,5,12-13,18H,3-4,6-10H2,(H,25,27)(H,26,28)/t12-,13+,19?,20?. The van der Waals surface area contributed by atoms with E-state index in [1.54, 1.807) is 0 Å². The van der Waals surface area contributed by atoms with Crippen molar-refractivity contribution in [2.24, 2.45) is 0 Å². The Morgan fingerprint density at radius 1 is 1.06 bits per heavy atom. The number of amides is 2. The molecule has 0 saturated heterocycles. The van der Waals surface area contributed by atoms with Crippen LogP contribution in [0, 0.1) is 5.82 Å². The molecule has 1 aromatic rings. The zero-order valence-corrected chi connectivity index (χ0v) is 17.2. The van der Waals surface area contributed by atoms with Gasteiger partial charge in [0.2, 0.25) is 5.91 Å². The molecule has 0 unspecified atom stereocenters. The van der Waals surface area contributed by atoms with E-state index in [1.807, 2.05) is 0 Å². The van der Waals surface area contributed by atoms with Crippen molar-refractivity contribution in [3.05, 3.63) is 29.0 Å². The molecule has 4 saturated carbocycles. The zero-order valence-electron chi connectivity index (χ0n) is 16.5. The van der Waals surface area contributed by atoms with Gasteiger partial charge in [-0.25, -0.2) is 4.39 Å². The minimum absolute atomic E-state index is 0.0268. The van der Waals surface area contributed by atoms with Gasteiger partial charge in [0.05, 0.1) is 17.2 Å². The van der Waals surface area contributed by atoms with E-state index in [-0.39, 0.29) is 53.0 Å². The molecule has 0 aliphatic heterocycles. The summed E-state index contributed by atoms with van der Waals surface area (Å²) in [6.07, 6.45) is 1.77. The van der Waals surface area contributed by atoms with E-state index in [9.17, 15) is 22.8 Å². The highest BCUT2D eigenvalue weighted by atomic mass is 35.5. The molecule has 5 rings (SSSR count). The van der Waals surface area contributed by atoms with Crippen molar-refractivity contribution < 1.29 is 37.0 Å². The van der Waals surface area contributed by atoms with Crippen LogP contribution >= 0.6 is 11.6 Å². The highest BCUT2D eigenvalue weighted by molar-refractivity contribution is 6.30. The monoisotopic (exact) mass is 462 g/mol. The summed E-state index contributed by atoms with van der Waals surface area (Å²) in [5.41, 5.74) is -0.692. The lowest BCUT2D eigenvalue weighted by Gasteiger charge is -2.70. The molecule has 0 radical (unpaired) electrons. The number of alkyl halides is 2. The second kappa shape index (κ2) is 8.48. The third kappa shape index (κ3) is 5.07. The molecule has 4 aliphatic carbocycles. The third-order valence-electron chi connectivity index (χ3n) is 5.90. The number of hydrogen-bond donors (Lipinski definition) is 2. The van der Waals surface area contributed by atoms with Gasteiger partial charge >= 0.3 is 6.61 Å². The lowest BCUT2D eigenvalue weighted by atomic mass is 9.44. The molecule has 11 heteroatoms. The second-order valence-electron chi connectivity index (χ2n) is 8.48. The van der Waals surface area contributed by atoms with E-state index >= 15 is 0 Å². The summed E-state index contributed by atoms with van der Waals surface area (Å²) in [6.45, 7) is -3.19. The molecule has 0 atom stereocenters. The number of hydrogen-bond acceptors (Lipinski definition) is 5. The van der Waals surface area contributed by atoms with Gasteiger partial charge in [-0.1, -0.05) is 11.6 Å². The second-order valence-corrected chi connectivity index (χ2v) is 8.88. The van der Waals surface area contributed by atoms with Crippen LogP contribution < -0.4 is 15.4 Å². The molecule has 170 valence electrons. The Bertz CT molecular complexity index is 845. The van der Waals surface area contributed by atoms with Gasteiger partial charge in [-0.2, -0.15) is 8.78 Å². The summed E-state index contributed by atoms with van der Waals surface area (Å²) < 4.78 is 52.5. The van der Waals surface area contributed by atoms with Crippen molar-refractivity contribution in [1.29, 1.82) is 0 Å². The lowest BCUT2D eigenvalue weighted by Crippen LogP contribution is -2.84. The molecular weight excluding hydrogens is 441 g/mol. The smallest absolute Gasteiger partial charge is 0.345 e. The Morgan fingerprint density at radius 3 is 2.26 bits per heavy atom. The van der Waals surface area contributed by atoms with Crippen molar-refractivity contribution in [2.75, 3.05) is 13.2 Å². The van der Waals surface area contributed by atoms with Gasteiger partial charge in [0.1, 0.15) is 18.2 Å². The van der Waals surface area contributed by atoms with E-state index in [0.717, 1.165) is 6.07 Å². The highest BCUT2D eigenvalue weighted by Crippen LogP contribution is 2.60. The molecule has 31 heavy (non-hydrogen) atoms. The first-order chi connectivity index (χ1) is 14.7. The van der Waals surface area contributed by atoms with E-state index in [0.29, 0.717) is 32.1 Å². The molecule has 2 bridgehead atoms. The van der Waals surface area contributed by atoms with Gasteiger partial charge in [-0.05, 0) is 31.4 Å². The summed E-state index contributed by atoms with van der Waals surface area (Å²) in [6, 6.07) is 3.93. The predicted molar refractivity (Wildman–Crippen MR) is 102 cm³/mol. The summed E-state index contributed by atoms with van der Waals surface area (Å²) in [4.78, 5) is 24.2. The lowest BCUT2D eigenvalue weighted by molar-refractivity contribution is -0.207. The zero-order chi connectivity index (χ0) is 22.2. The van der Waals surface area contributed by atoms with E-state index in [4.69, 9.17) is 21.1 Å². The normalized spacial score (nSPS) is 30.6.